The van der Waals surface area contributed by atoms with Crippen molar-refractivity contribution < 1.29 is 27.2 Å². The number of aromatic nitrogens is 2. The van der Waals surface area contributed by atoms with Gasteiger partial charge in [0.2, 0.25) is 5.89 Å². The predicted molar refractivity (Wildman–Crippen MR) is 116 cm³/mol. The lowest BCUT2D eigenvalue weighted by Crippen LogP contribution is -2.45. The van der Waals surface area contributed by atoms with Crippen LogP contribution in [0.2, 0.25) is 0 Å². The van der Waals surface area contributed by atoms with Crippen molar-refractivity contribution in [3.63, 3.8) is 0 Å². The maximum atomic E-state index is 13.1. The van der Waals surface area contributed by atoms with Gasteiger partial charge in [0, 0.05) is 32.1 Å². The minimum Gasteiger partial charge on any atom is -0.379 e. The molecule has 0 amide bonds. The molecule has 3 fully saturated rings. The maximum absolute atomic E-state index is 13.1. The fraction of sp³-hybridized carbons (Fsp3) is 0.652. The minimum atomic E-state index is -4.36. The molecule has 5 rings (SSSR count). The molecule has 2 aromatic rings. The lowest BCUT2D eigenvalue weighted by molar-refractivity contribution is -0.137. The van der Waals surface area contributed by atoms with Crippen molar-refractivity contribution in [3.8, 4) is 0 Å². The van der Waals surface area contributed by atoms with E-state index >= 15 is 0 Å². The molecule has 1 aromatic heterocycles. The zero-order valence-electron chi connectivity index (χ0n) is 19.3. The molecular formula is C23H30F3N5O3. The Morgan fingerprint density at radius 3 is 2.24 bits per heavy atom. The van der Waals surface area contributed by atoms with E-state index in [1.54, 1.807) is 26.0 Å². The smallest absolute Gasteiger partial charge is 0.379 e. The van der Waals surface area contributed by atoms with Gasteiger partial charge in [0.15, 0.2) is 18.3 Å². The molecule has 2 N–H and O–H groups in total. The van der Waals surface area contributed by atoms with Crippen LogP contribution in [-0.4, -0.2) is 71.8 Å². The van der Waals surface area contributed by atoms with Crippen molar-refractivity contribution in [1.29, 1.82) is 0 Å². The Morgan fingerprint density at radius 1 is 0.971 bits per heavy atom. The van der Waals surface area contributed by atoms with Gasteiger partial charge < -0.3 is 19.7 Å². The quantitative estimate of drug-likeness (QED) is 0.652. The monoisotopic (exact) mass is 481 g/mol. The third-order valence-corrected chi connectivity index (χ3v) is 6.76. The molecule has 0 bridgehead atoms. The Bertz CT molecular complexity index is 985. The first-order valence-electron chi connectivity index (χ1n) is 11.6. The van der Waals surface area contributed by atoms with Crippen molar-refractivity contribution in [2.45, 2.75) is 56.3 Å². The lowest BCUT2D eigenvalue weighted by atomic mass is 9.83. The number of epoxide rings is 1. The average Bonchev–Trinajstić information content (AvgIpc) is 3.44. The van der Waals surface area contributed by atoms with Crippen LogP contribution in [0.15, 0.2) is 28.8 Å². The fourth-order valence-corrected chi connectivity index (χ4v) is 4.84. The molecule has 8 nitrogen and oxygen atoms in total. The molecule has 11 heteroatoms. The highest BCUT2D eigenvalue weighted by atomic mass is 19.4. The highest BCUT2D eigenvalue weighted by molar-refractivity contribution is 5.28. The molecule has 186 valence electrons. The van der Waals surface area contributed by atoms with Crippen molar-refractivity contribution in [1.82, 2.24) is 19.9 Å². The SMILES string of the molecule is CC(C)(N)c1nc(C2CC(c3ccc(C(F)(F)F)cc3)CN(C3OC3N3CCOCC3)C2)no1. The van der Waals surface area contributed by atoms with E-state index < -0.39 is 17.3 Å². The Labute approximate surface area is 196 Å². The van der Waals surface area contributed by atoms with Crippen LogP contribution in [0.1, 0.15) is 54.9 Å². The van der Waals surface area contributed by atoms with Crippen molar-refractivity contribution in [2.75, 3.05) is 39.4 Å². The van der Waals surface area contributed by atoms with E-state index in [4.69, 9.17) is 19.7 Å². The average molecular weight is 482 g/mol. The van der Waals surface area contributed by atoms with Gasteiger partial charge in [0.05, 0.1) is 24.3 Å². The number of nitrogens with two attached hydrogens (primary N) is 1. The molecule has 3 saturated heterocycles. The van der Waals surface area contributed by atoms with Crippen LogP contribution in [0.4, 0.5) is 13.2 Å². The van der Waals surface area contributed by atoms with E-state index in [-0.39, 0.29) is 24.3 Å². The van der Waals surface area contributed by atoms with E-state index in [9.17, 15) is 13.2 Å². The van der Waals surface area contributed by atoms with E-state index in [0.717, 1.165) is 30.8 Å². The van der Waals surface area contributed by atoms with Crippen LogP contribution in [0, 0.1) is 0 Å². The van der Waals surface area contributed by atoms with E-state index in [0.29, 0.717) is 44.4 Å². The number of benzene rings is 1. The Morgan fingerprint density at radius 2 is 1.62 bits per heavy atom. The molecule has 0 aliphatic carbocycles. The van der Waals surface area contributed by atoms with Gasteiger partial charge in [-0.1, -0.05) is 17.3 Å². The highest BCUT2D eigenvalue weighted by Crippen LogP contribution is 2.41. The number of hydrogen-bond donors (Lipinski definition) is 1. The number of alkyl halides is 3. The van der Waals surface area contributed by atoms with Crippen molar-refractivity contribution in [2.24, 2.45) is 5.73 Å². The minimum absolute atomic E-state index is 0.000269. The van der Waals surface area contributed by atoms with Crippen LogP contribution in [0.3, 0.4) is 0 Å². The summed E-state index contributed by atoms with van der Waals surface area (Å²) in [6.45, 7) is 7.96. The van der Waals surface area contributed by atoms with Crippen LogP contribution in [0.5, 0.6) is 0 Å². The van der Waals surface area contributed by atoms with E-state index in [2.05, 4.69) is 19.9 Å². The standard InChI is InChI=1S/C23H30F3N5O3/c1-22(2,27)21-28-18(29-34-21)16-11-15(14-3-5-17(6-4-14)23(24,25)26)12-31(13-16)20-19(33-20)30-7-9-32-10-8-30/h3-6,15-16,19-20H,7-13,27H2,1-2H3. The molecule has 1 aromatic carbocycles. The number of likely N-dealkylation sites (tertiary alicyclic amines) is 1. The summed E-state index contributed by atoms with van der Waals surface area (Å²) in [5, 5.41) is 4.19. The molecule has 4 atom stereocenters. The summed E-state index contributed by atoms with van der Waals surface area (Å²) in [7, 11) is 0. The zero-order valence-corrected chi connectivity index (χ0v) is 19.3. The summed E-state index contributed by atoms with van der Waals surface area (Å²) in [6, 6.07) is 5.45. The zero-order chi connectivity index (χ0) is 24.1. The molecular weight excluding hydrogens is 451 g/mol. The van der Waals surface area contributed by atoms with Crippen molar-refractivity contribution >= 4 is 0 Å². The van der Waals surface area contributed by atoms with E-state index in [1.807, 2.05) is 0 Å². The van der Waals surface area contributed by atoms with Gasteiger partial charge in [-0.05, 0) is 43.9 Å². The lowest BCUT2D eigenvalue weighted by Gasteiger charge is -2.36. The molecule has 4 heterocycles. The molecule has 0 spiro atoms. The second kappa shape index (κ2) is 8.87. The molecule has 3 aliphatic heterocycles. The van der Waals surface area contributed by atoms with Gasteiger partial charge in [-0.25, -0.2) is 0 Å². The molecule has 3 aliphatic rings. The summed E-state index contributed by atoms with van der Waals surface area (Å²) in [4.78, 5) is 9.08. The third kappa shape index (κ3) is 4.99. The second-order valence-corrected chi connectivity index (χ2v) is 9.95. The summed E-state index contributed by atoms with van der Waals surface area (Å²) in [5.41, 5.74) is 5.57. The number of halogens is 3. The number of hydrogen-bond acceptors (Lipinski definition) is 8. The number of piperidine rings is 1. The normalized spacial score (nSPS) is 29.4. The molecule has 0 radical (unpaired) electrons. The van der Waals surface area contributed by atoms with Crippen LogP contribution in [0.25, 0.3) is 0 Å². The number of ether oxygens (including phenoxy) is 2. The van der Waals surface area contributed by atoms with Gasteiger partial charge >= 0.3 is 6.18 Å². The Kier molecular flexibility index (Phi) is 6.18. The molecule has 34 heavy (non-hydrogen) atoms. The Balaban J connectivity index is 1.37. The highest BCUT2D eigenvalue weighted by Gasteiger charge is 2.50. The van der Waals surface area contributed by atoms with Gasteiger partial charge in [-0.2, -0.15) is 18.2 Å². The molecule has 0 saturated carbocycles. The summed E-state index contributed by atoms with van der Waals surface area (Å²) in [5.74, 6) is 0.872. The fourth-order valence-electron chi connectivity index (χ4n) is 4.84. The first-order chi connectivity index (χ1) is 16.1. The van der Waals surface area contributed by atoms with Gasteiger partial charge in [0.25, 0.3) is 0 Å². The van der Waals surface area contributed by atoms with E-state index in [1.165, 1.54) is 0 Å². The predicted octanol–water partition coefficient (Wildman–Crippen LogP) is 2.87. The topological polar surface area (TPSA) is 93.2 Å². The third-order valence-electron chi connectivity index (χ3n) is 6.76. The summed E-state index contributed by atoms with van der Waals surface area (Å²) in [6.07, 6.45) is -3.74. The number of morpholine rings is 1. The Hall–Kier alpha value is -2.05. The van der Waals surface area contributed by atoms with Crippen LogP contribution < -0.4 is 5.73 Å². The van der Waals surface area contributed by atoms with Crippen molar-refractivity contribution in [3.05, 3.63) is 47.1 Å². The van der Waals surface area contributed by atoms with Gasteiger partial charge in [-0.15, -0.1) is 0 Å². The van der Waals surface area contributed by atoms with Gasteiger partial charge in [-0.3, -0.25) is 9.80 Å². The number of rotatable bonds is 5. The van der Waals surface area contributed by atoms with Gasteiger partial charge in [0.1, 0.15) is 0 Å². The second-order valence-electron chi connectivity index (χ2n) is 9.95. The summed E-state index contributed by atoms with van der Waals surface area (Å²) >= 11 is 0. The number of nitrogens with zero attached hydrogens (tertiary/aromatic N) is 4. The van der Waals surface area contributed by atoms with Crippen LogP contribution >= 0.6 is 0 Å². The van der Waals surface area contributed by atoms with Crippen LogP contribution in [-0.2, 0) is 21.2 Å². The molecule has 4 unspecified atom stereocenters. The first kappa shape index (κ1) is 23.7. The summed E-state index contributed by atoms with van der Waals surface area (Å²) < 4.78 is 56.1. The maximum Gasteiger partial charge on any atom is 0.416 e. The largest absolute Gasteiger partial charge is 0.416 e. The first-order valence-corrected chi connectivity index (χ1v) is 11.6.